The first-order valence-corrected chi connectivity index (χ1v) is 7.21. The summed E-state index contributed by atoms with van der Waals surface area (Å²) in [5.74, 6) is 0.869. The Balaban J connectivity index is 2.69. The average molecular weight is 252 g/mol. The van der Waals surface area contributed by atoms with Crippen LogP contribution in [0.25, 0.3) is 0 Å². The first-order chi connectivity index (χ1) is 7.77. The van der Waals surface area contributed by atoms with Crippen LogP contribution in [0.5, 0.6) is 0 Å². The van der Waals surface area contributed by atoms with Gasteiger partial charge in [0.25, 0.3) is 0 Å². The van der Waals surface area contributed by atoms with E-state index in [4.69, 9.17) is 0 Å². The molecule has 1 nitrogen and oxygen atoms in total. The minimum Gasteiger partial charge on any atom is -0.384 e. The largest absolute Gasteiger partial charge is 0.384 e. The molecule has 0 radical (unpaired) electrons. The van der Waals surface area contributed by atoms with E-state index < -0.39 is 6.10 Å². The molecule has 0 fully saturated rings. The minimum absolute atomic E-state index is 0.527. The number of aliphatic hydroxyl groups excluding tert-OH is 1. The zero-order chi connectivity index (χ0) is 11.8. The highest BCUT2D eigenvalue weighted by Gasteiger charge is 2.05. The summed E-state index contributed by atoms with van der Waals surface area (Å²) in [5.41, 5.74) is 0.924. The summed E-state index contributed by atoms with van der Waals surface area (Å²) in [6, 6.07) is 9.67. The van der Waals surface area contributed by atoms with Crippen LogP contribution in [0.15, 0.2) is 53.3 Å². The summed E-state index contributed by atoms with van der Waals surface area (Å²) in [5, 5.41) is 9.99. The summed E-state index contributed by atoms with van der Waals surface area (Å²) in [6.45, 7) is 3.68. The average Bonchev–Trinajstić information content (AvgIpc) is 2.35. The molecule has 1 aromatic carbocycles. The van der Waals surface area contributed by atoms with Gasteiger partial charge in [0.2, 0.25) is 0 Å². The van der Waals surface area contributed by atoms with E-state index in [-0.39, 0.29) is 0 Å². The van der Waals surface area contributed by atoms with E-state index in [1.807, 2.05) is 48.7 Å². The number of aliphatic hydroxyl groups is 1. The number of hydrogen-bond acceptors (Lipinski definition) is 3. The molecule has 0 saturated heterocycles. The molecule has 16 heavy (non-hydrogen) atoms. The fourth-order valence-electron chi connectivity index (χ4n) is 1.19. The van der Waals surface area contributed by atoms with E-state index in [2.05, 4.69) is 6.58 Å². The van der Waals surface area contributed by atoms with Gasteiger partial charge in [-0.3, -0.25) is 0 Å². The van der Waals surface area contributed by atoms with Gasteiger partial charge in [-0.05, 0) is 17.9 Å². The Bertz CT molecular complexity index is 346. The van der Waals surface area contributed by atoms with Crippen molar-refractivity contribution in [3.8, 4) is 0 Å². The van der Waals surface area contributed by atoms with Gasteiger partial charge in [-0.2, -0.15) is 0 Å². The zero-order valence-corrected chi connectivity index (χ0v) is 10.9. The molecule has 0 spiro atoms. The molecule has 86 valence electrons. The van der Waals surface area contributed by atoms with Gasteiger partial charge in [0.15, 0.2) is 0 Å². The van der Waals surface area contributed by atoms with Crippen LogP contribution in [0, 0.1) is 0 Å². The van der Waals surface area contributed by atoms with Gasteiger partial charge in [0.05, 0.1) is 6.10 Å². The Labute approximate surface area is 106 Å². The molecule has 0 aromatic heterocycles. The maximum atomic E-state index is 9.99. The van der Waals surface area contributed by atoms with E-state index in [1.165, 1.54) is 0 Å². The van der Waals surface area contributed by atoms with Crippen molar-refractivity contribution < 1.29 is 5.11 Å². The predicted octanol–water partition coefficient (Wildman–Crippen LogP) is 3.84. The topological polar surface area (TPSA) is 20.2 Å². The Morgan fingerprint density at radius 2 is 2.12 bits per heavy atom. The van der Waals surface area contributed by atoms with Crippen molar-refractivity contribution in [2.45, 2.75) is 6.10 Å². The molecular formula is C13H16OS2. The number of thioether (sulfide) groups is 2. The second kappa shape index (κ2) is 7.60. The lowest BCUT2D eigenvalue weighted by atomic mass is 10.1. The van der Waals surface area contributed by atoms with Crippen molar-refractivity contribution in [2.24, 2.45) is 0 Å². The molecule has 1 N–H and O–H groups in total. The molecule has 0 aliphatic rings. The molecule has 0 aliphatic carbocycles. The Hall–Kier alpha value is -0.640. The molecule has 1 rings (SSSR count). The number of benzene rings is 1. The van der Waals surface area contributed by atoms with Gasteiger partial charge >= 0.3 is 0 Å². The van der Waals surface area contributed by atoms with Gasteiger partial charge in [0.1, 0.15) is 0 Å². The van der Waals surface area contributed by atoms with E-state index in [1.54, 1.807) is 23.5 Å². The first-order valence-electron chi connectivity index (χ1n) is 5.00. The molecule has 0 heterocycles. The first kappa shape index (κ1) is 13.4. The SMILES string of the molecule is C=CCS/C(=C\C(O)c1ccccc1)SC. The summed E-state index contributed by atoms with van der Waals surface area (Å²) in [7, 11) is 0. The van der Waals surface area contributed by atoms with Crippen LogP contribution in [-0.2, 0) is 0 Å². The van der Waals surface area contributed by atoms with Gasteiger partial charge in [0, 0.05) is 9.99 Å². The molecule has 1 atom stereocenters. The quantitative estimate of drug-likeness (QED) is 0.777. The smallest absolute Gasteiger partial charge is 0.0990 e. The molecule has 0 bridgehead atoms. The lowest BCUT2D eigenvalue weighted by Crippen LogP contribution is -1.93. The molecule has 3 heteroatoms. The summed E-state index contributed by atoms with van der Waals surface area (Å²) < 4.78 is 1.12. The third kappa shape index (κ3) is 4.47. The highest BCUT2D eigenvalue weighted by molar-refractivity contribution is 8.22. The maximum absolute atomic E-state index is 9.99. The van der Waals surface area contributed by atoms with Gasteiger partial charge in [-0.1, -0.05) is 36.4 Å². The Kier molecular flexibility index (Phi) is 6.38. The Morgan fingerprint density at radius 1 is 1.44 bits per heavy atom. The van der Waals surface area contributed by atoms with Gasteiger partial charge in [-0.25, -0.2) is 0 Å². The van der Waals surface area contributed by atoms with E-state index in [0.717, 1.165) is 15.6 Å². The standard InChI is InChI=1S/C13H16OS2/c1-3-9-16-13(15-2)10-12(14)11-7-5-4-6-8-11/h3-8,10,12,14H,1,9H2,2H3/b13-10-. The minimum atomic E-state index is -0.527. The number of rotatable bonds is 6. The van der Waals surface area contributed by atoms with Gasteiger partial charge < -0.3 is 5.11 Å². The maximum Gasteiger partial charge on any atom is 0.0990 e. The third-order valence-corrected chi connectivity index (χ3v) is 4.19. The van der Waals surface area contributed by atoms with Crippen molar-refractivity contribution in [1.29, 1.82) is 0 Å². The van der Waals surface area contributed by atoms with Crippen molar-refractivity contribution in [1.82, 2.24) is 0 Å². The normalized spacial score (nSPS) is 13.5. The highest BCUT2D eigenvalue weighted by Crippen LogP contribution is 2.29. The molecule has 0 saturated carbocycles. The monoisotopic (exact) mass is 252 g/mol. The molecular weight excluding hydrogens is 236 g/mol. The van der Waals surface area contributed by atoms with E-state index >= 15 is 0 Å². The van der Waals surface area contributed by atoms with E-state index in [0.29, 0.717) is 0 Å². The third-order valence-electron chi connectivity index (χ3n) is 1.98. The zero-order valence-electron chi connectivity index (χ0n) is 9.30. The molecule has 1 unspecified atom stereocenters. The van der Waals surface area contributed by atoms with Crippen LogP contribution in [0.1, 0.15) is 11.7 Å². The lowest BCUT2D eigenvalue weighted by molar-refractivity contribution is 0.229. The van der Waals surface area contributed by atoms with Crippen molar-refractivity contribution >= 4 is 23.5 Å². The Morgan fingerprint density at radius 3 is 2.69 bits per heavy atom. The second-order valence-electron chi connectivity index (χ2n) is 3.15. The van der Waals surface area contributed by atoms with Crippen LogP contribution in [0.2, 0.25) is 0 Å². The van der Waals surface area contributed by atoms with Crippen LogP contribution >= 0.6 is 23.5 Å². The van der Waals surface area contributed by atoms with Crippen molar-refractivity contribution in [3.63, 3.8) is 0 Å². The summed E-state index contributed by atoms with van der Waals surface area (Å²) in [4.78, 5) is 0. The second-order valence-corrected chi connectivity index (χ2v) is 5.31. The van der Waals surface area contributed by atoms with E-state index in [9.17, 15) is 5.11 Å². The molecule has 0 amide bonds. The highest BCUT2D eigenvalue weighted by atomic mass is 32.2. The number of hydrogen-bond donors (Lipinski definition) is 1. The summed E-state index contributed by atoms with van der Waals surface area (Å²) >= 11 is 3.34. The van der Waals surface area contributed by atoms with Crippen LogP contribution in [0.3, 0.4) is 0 Å². The fraction of sp³-hybridized carbons (Fsp3) is 0.231. The molecule has 1 aromatic rings. The van der Waals surface area contributed by atoms with Crippen LogP contribution in [0.4, 0.5) is 0 Å². The van der Waals surface area contributed by atoms with Crippen molar-refractivity contribution in [3.05, 3.63) is 58.9 Å². The van der Waals surface area contributed by atoms with Crippen molar-refractivity contribution in [2.75, 3.05) is 12.0 Å². The predicted molar refractivity (Wildman–Crippen MR) is 75.7 cm³/mol. The van der Waals surface area contributed by atoms with Gasteiger partial charge in [-0.15, -0.1) is 30.1 Å². The van der Waals surface area contributed by atoms with Crippen LogP contribution < -0.4 is 0 Å². The summed E-state index contributed by atoms with van der Waals surface area (Å²) in [6.07, 6.45) is 5.23. The van der Waals surface area contributed by atoms with Crippen LogP contribution in [-0.4, -0.2) is 17.1 Å². The fourth-order valence-corrected chi connectivity index (χ4v) is 2.64. The lowest BCUT2D eigenvalue weighted by Gasteiger charge is -2.08. The molecule has 0 aliphatic heterocycles.